The smallest absolute Gasteiger partial charge is 0.280 e. The Morgan fingerprint density at radius 1 is 1.33 bits per heavy atom. The number of hydrogen-bond donors (Lipinski definition) is 0. The maximum atomic E-state index is 12.2. The molecule has 1 unspecified atom stereocenters. The molecule has 0 saturated carbocycles. The van der Waals surface area contributed by atoms with Crippen LogP contribution in [0.2, 0.25) is 0 Å². The molecule has 3 heterocycles. The van der Waals surface area contributed by atoms with Gasteiger partial charge in [-0.05, 0) is 12.8 Å². The van der Waals surface area contributed by atoms with Crippen LogP contribution in [0.5, 0.6) is 0 Å². The van der Waals surface area contributed by atoms with E-state index in [0.717, 1.165) is 12.8 Å². The third-order valence-electron chi connectivity index (χ3n) is 3.19. The Balaban J connectivity index is 1.76. The Kier molecular flexibility index (Phi) is 3.00. The van der Waals surface area contributed by atoms with Gasteiger partial charge < -0.3 is 18.8 Å². The molecule has 7 heteroatoms. The minimum Gasteiger partial charge on any atom is -0.423 e. The van der Waals surface area contributed by atoms with Gasteiger partial charge in [0.1, 0.15) is 6.04 Å². The molecule has 0 aliphatic carbocycles. The molecule has 2 saturated heterocycles. The van der Waals surface area contributed by atoms with Crippen molar-refractivity contribution >= 4 is 5.91 Å². The number of hydrogen-bond acceptors (Lipinski definition) is 6. The Morgan fingerprint density at radius 2 is 2.11 bits per heavy atom. The van der Waals surface area contributed by atoms with Crippen LogP contribution in [0.15, 0.2) is 4.42 Å². The summed E-state index contributed by atoms with van der Waals surface area (Å²) in [6.07, 6.45) is 0.986. The highest BCUT2D eigenvalue weighted by atomic mass is 16.7. The van der Waals surface area contributed by atoms with Gasteiger partial charge in [-0.25, -0.2) is 0 Å². The molecule has 18 heavy (non-hydrogen) atoms. The van der Waals surface area contributed by atoms with Crippen molar-refractivity contribution in [1.29, 1.82) is 0 Å². The Hall–Kier alpha value is -1.47. The van der Waals surface area contributed by atoms with Crippen molar-refractivity contribution < 1.29 is 18.7 Å². The van der Waals surface area contributed by atoms with Crippen molar-refractivity contribution in [1.82, 2.24) is 15.1 Å². The van der Waals surface area contributed by atoms with Crippen LogP contribution >= 0.6 is 0 Å². The lowest BCUT2D eigenvalue weighted by atomic mass is 10.2. The van der Waals surface area contributed by atoms with Crippen LogP contribution < -0.4 is 0 Å². The molecule has 2 aliphatic heterocycles. The molecule has 1 aromatic heterocycles. The summed E-state index contributed by atoms with van der Waals surface area (Å²) in [5.74, 6) is 0.861. The van der Waals surface area contributed by atoms with Gasteiger partial charge in [-0.2, -0.15) is 0 Å². The first kappa shape index (κ1) is 11.6. The van der Waals surface area contributed by atoms with Gasteiger partial charge in [0.25, 0.3) is 5.91 Å². The van der Waals surface area contributed by atoms with Crippen LogP contribution in [0.1, 0.15) is 30.7 Å². The average molecular weight is 253 g/mol. The van der Waals surface area contributed by atoms with Gasteiger partial charge in [0.05, 0.1) is 13.2 Å². The fourth-order valence-corrected chi connectivity index (χ4v) is 2.37. The van der Waals surface area contributed by atoms with Crippen LogP contribution in [0.4, 0.5) is 0 Å². The van der Waals surface area contributed by atoms with E-state index in [1.807, 2.05) is 0 Å². The van der Waals surface area contributed by atoms with Crippen molar-refractivity contribution in [3.63, 3.8) is 0 Å². The molecule has 0 bridgehead atoms. The third-order valence-corrected chi connectivity index (χ3v) is 3.19. The first-order valence-electron chi connectivity index (χ1n) is 6.09. The van der Waals surface area contributed by atoms with Gasteiger partial charge in [0, 0.05) is 13.5 Å². The second kappa shape index (κ2) is 4.66. The van der Waals surface area contributed by atoms with Gasteiger partial charge >= 0.3 is 0 Å². The third kappa shape index (κ3) is 1.99. The summed E-state index contributed by atoms with van der Waals surface area (Å²) in [5.41, 5.74) is 0. The van der Waals surface area contributed by atoms with Crippen LogP contribution in [-0.2, 0) is 14.3 Å². The number of likely N-dealkylation sites (tertiary alicyclic amines) is 1. The monoisotopic (exact) mass is 253 g/mol. The average Bonchev–Trinajstić information content (AvgIpc) is 3.09. The Morgan fingerprint density at radius 3 is 2.78 bits per heavy atom. The zero-order valence-electron chi connectivity index (χ0n) is 10.2. The highest BCUT2D eigenvalue weighted by molar-refractivity contribution is 5.80. The predicted octanol–water partition coefficient (Wildman–Crippen LogP) is 0.414. The molecule has 0 spiro atoms. The number of aryl methyl sites for hydroxylation is 1. The number of carbonyl (C=O) groups is 1. The largest absolute Gasteiger partial charge is 0.423 e. The molecule has 1 atom stereocenters. The van der Waals surface area contributed by atoms with E-state index in [1.54, 1.807) is 11.8 Å². The standard InChI is InChI=1S/C11H15N3O4/c1-7-12-13-9(18-7)8-3-2-4-14(8)10(15)11-16-5-6-17-11/h8,11H,2-6H2,1H3. The minimum absolute atomic E-state index is 0.147. The van der Waals surface area contributed by atoms with Crippen LogP contribution in [0, 0.1) is 6.92 Å². The van der Waals surface area contributed by atoms with Crippen LogP contribution in [0.3, 0.4) is 0 Å². The van der Waals surface area contributed by atoms with Crippen molar-refractivity contribution in [2.45, 2.75) is 32.1 Å². The molecule has 3 rings (SSSR count). The fourth-order valence-electron chi connectivity index (χ4n) is 2.37. The summed E-state index contributed by atoms with van der Waals surface area (Å²) in [7, 11) is 0. The first-order valence-corrected chi connectivity index (χ1v) is 6.09. The molecule has 0 aromatic carbocycles. The fraction of sp³-hybridized carbons (Fsp3) is 0.727. The number of amides is 1. The Bertz CT molecular complexity index is 441. The summed E-state index contributed by atoms with van der Waals surface area (Å²) in [5, 5.41) is 7.80. The van der Waals surface area contributed by atoms with E-state index in [-0.39, 0.29) is 11.9 Å². The number of aromatic nitrogens is 2. The lowest BCUT2D eigenvalue weighted by Gasteiger charge is -2.24. The highest BCUT2D eigenvalue weighted by Crippen LogP contribution is 2.32. The summed E-state index contributed by atoms with van der Waals surface area (Å²) in [6.45, 7) is 3.35. The van der Waals surface area contributed by atoms with E-state index in [0.29, 0.717) is 31.5 Å². The lowest BCUT2D eigenvalue weighted by Crippen LogP contribution is -2.39. The summed E-state index contributed by atoms with van der Waals surface area (Å²) in [4.78, 5) is 13.9. The number of carbonyl (C=O) groups excluding carboxylic acids is 1. The minimum atomic E-state index is -0.769. The summed E-state index contributed by atoms with van der Waals surface area (Å²) >= 11 is 0. The van der Waals surface area contributed by atoms with E-state index in [9.17, 15) is 4.79 Å². The maximum absolute atomic E-state index is 12.2. The zero-order chi connectivity index (χ0) is 12.5. The molecule has 0 N–H and O–H groups in total. The van der Waals surface area contributed by atoms with E-state index in [2.05, 4.69) is 10.2 Å². The van der Waals surface area contributed by atoms with E-state index in [4.69, 9.17) is 13.9 Å². The lowest BCUT2D eigenvalue weighted by molar-refractivity contribution is -0.159. The highest BCUT2D eigenvalue weighted by Gasteiger charge is 2.38. The molecule has 7 nitrogen and oxygen atoms in total. The van der Waals surface area contributed by atoms with Crippen LogP contribution in [0.25, 0.3) is 0 Å². The summed E-state index contributed by atoms with van der Waals surface area (Å²) in [6, 6.07) is -0.147. The van der Waals surface area contributed by atoms with Gasteiger partial charge in [0.15, 0.2) is 0 Å². The van der Waals surface area contributed by atoms with Crippen molar-refractivity contribution in [2.75, 3.05) is 19.8 Å². The molecular weight excluding hydrogens is 238 g/mol. The number of nitrogens with zero attached hydrogens (tertiary/aromatic N) is 3. The molecule has 1 aromatic rings. The molecule has 2 aliphatic rings. The number of ether oxygens (including phenoxy) is 2. The molecule has 0 radical (unpaired) electrons. The zero-order valence-corrected chi connectivity index (χ0v) is 10.2. The maximum Gasteiger partial charge on any atom is 0.280 e. The number of rotatable bonds is 2. The molecule has 98 valence electrons. The normalized spacial score (nSPS) is 24.9. The van der Waals surface area contributed by atoms with Crippen molar-refractivity contribution in [3.05, 3.63) is 11.8 Å². The van der Waals surface area contributed by atoms with Crippen molar-refractivity contribution in [3.8, 4) is 0 Å². The van der Waals surface area contributed by atoms with Gasteiger partial charge in [-0.3, -0.25) is 4.79 Å². The van der Waals surface area contributed by atoms with Crippen molar-refractivity contribution in [2.24, 2.45) is 0 Å². The SMILES string of the molecule is Cc1nnc(C2CCCN2C(=O)C2OCCO2)o1. The van der Waals surface area contributed by atoms with Crippen LogP contribution in [-0.4, -0.2) is 47.1 Å². The quantitative estimate of drug-likeness (QED) is 0.760. The van der Waals surface area contributed by atoms with Gasteiger partial charge in [-0.1, -0.05) is 0 Å². The molecule has 2 fully saturated rings. The molecular formula is C11H15N3O4. The predicted molar refractivity (Wildman–Crippen MR) is 58.4 cm³/mol. The van der Waals surface area contributed by atoms with E-state index in [1.165, 1.54) is 0 Å². The van der Waals surface area contributed by atoms with E-state index < -0.39 is 6.29 Å². The summed E-state index contributed by atoms with van der Waals surface area (Å²) < 4.78 is 15.9. The Labute approximate surface area is 104 Å². The van der Waals surface area contributed by atoms with Gasteiger partial charge in [0.2, 0.25) is 18.1 Å². The molecule has 1 amide bonds. The topological polar surface area (TPSA) is 77.7 Å². The second-order valence-electron chi connectivity index (χ2n) is 4.42. The first-order chi connectivity index (χ1) is 8.75. The second-order valence-corrected chi connectivity index (χ2v) is 4.42. The van der Waals surface area contributed by atoms with Gasteiger partial charge in [-0.15, -0.1) is 10.2 Å². The van der Waals surface area contributed by atoms with E-state index >= 15 is 0 Å².